The summed E-state index contributed by atoms with van der Waals surface area (Å²) < 4.78 is 5.72. The predicted octanol–water partition coefficient (Wildman–Crippen LogP) is 3.48. The van der Waals surface area contributed by atoms with Crippen LogP contribution in [0, 0.1) is 0 Å². The summed E-state index contributed by atoms with van der Waals surface area (Å²) in [6.07, 6.45) is 2.83. The number of hydrogen-bond donors (Lipinski definition) is 1. The van der Waals surface area contributed by atoms with Gasteiger partial charge in [-0.2, -0.15) is 0 Å². The van der Waals surface area contributed by atoms with E-state index in [1.165, 1.54) is 0 Å². The van der Waals surface area contributed by atoms with Crippen molar-refractivity contribution in [2.45, 2.75) is 13.0 Å². The average Bonchev–Trinajstić information content (AvgIpc) is 2.47. The van der Waals surface area contributed by atoms with Gasteiger partial charge in [-0.25, -0.2) is 4.98 Å². The van der Waals surface area contributed by atoms with Crippen LogP contribution in [0.15, 0.2) is 54.9 Å². The highest BCUT2D eigenvalue weighted by Crippen LogP contribution is 2.25. The first-order valence-corrected chi connectivity index (χ1v) is 6.39. The van der Waals surface area contributed by atoms with Crippen LogP contribution in [0.3, 0.4) is 0 Å². The molecule has 0 aliphatic heterocycles. The van der Waals surface area contributed by atoms with E-state index in [0.29, 0.717) is 11.6 Å². The van der Waals surface area contributed by atoms with Gasteiger partial charge in [0, 0.05) is 29.9 Å². The van der Waals surface area contributed by atoms with Gasteiger partial charge in [0.05, 0.1) is 11.6 Å². The topological polar surface area (TPSA) is 55.2 Å². The smallest absolute Gasteiger partial charge is 0.219 e. The SMILES string of the molecule is C[C@H](O)c1ccnc(Oc2ccc3cccnc3c2)c1. The van der Waals surface area contributed by atoms with E-state index in [2.05, 4.69) is 9.97 Å². The lowest BCUT2D eigenvalue weighted by molar-refractivity contribution is 0.198. The molecule has 3 rings (SSSR count). The number of hydrogen-bond acceptors (Lipinski definition) is 4. The van der Waals surface area contributed by atoms with Gasteiger partial charge in [-0.15, -0.1) is 0 Å². The molecule has 20 heavy (non-hydrogen) atoms. The largest absolute Gasteiger partial charge is 0.439 e. The molecule has 0 bridgehead atoms. The molecule has 0 saturated carbocycles. The van der Waals surface area contributed by atoms with E-state index in [1.807, 2.05) is 30.3 Å². The van der Waals surface area contributed by atoms with E-state index in [-0.39, 0.29) is 0 Å². The van der Waals surface area contributed by atoms with Crippen LogP contribution in [-0.4, -0.2) is 15.1 Å². The van der Waals surface area contributed by atoms with Crippen LogP contribution in [-0.2, 0) is 0 Å². The Morgan fingerprint density at radius 3 is 2.80 bits per heavy atom. The van der Waals surface area contributed by atoms with Crippen molar-refractivity contribution in [1.82, 2.24) is 9.97 Å². The Kier molecular flexibility index (Phi) is 3.31. The van der Waals surface area contributed by atoms with Gasteiger partial charge < -0.3 is 9.84 Å². The van der Waals surface area contributed by atoms with Crippen LogP contribution in [0.5, 0.6) is 11.6 Å². The maximum absolute atomic E-state index is 9.56. The van der Waals surface area contributed by atoms with E-state index in [9.17, 15) is 5.11 Å². The van der Waals surface area contributed by atoms with E-state index in [1.54, 1.807) is 31.5 Å². The van der Waals surface area contributed by atoms with Gasteiger partial charge >= 0.3 is 0 Å². The highest BCUT2D eigenvalue weighted by Gasteiger charge is 2.05. The molecule has 2 aromatic heterocycles. The quantitative estimate of drug-likeness (QED) is 0.788. The Labute approximate surface area is 116 Å². The minimum absolute atomic E-state index is 0.457. The number of ether oxygens (including phenoxy) is 1. The molecule has 0 spiro atoms. The molecule has 0 unspecified atom stereocenters. The zero-order valence-corrected chi connectivity index (χ0v) is 11.0. The summed E-state index contributed by atoms with van der Waals surface area (Å²) in [4.78, 5) is 8.43. The fourth-order valence-electron chi connectivity index (χ4n) is 1.97. The van der Waals surface area contributed by atoms with Crippen molar-refractivity contribution in [2.75, 3.05) is 0 Å². The van der Waals surface area contributed by atoms with Gasteiger partial charge in [-0.3, -0.25) is 4.98 Å². The Hall–Kier alpha value is -2.46. The summed E-state index contributed by atoms with van der Waals surface area (Å²) in [5.41, 5.74) is 1.64. The highest BCUT2D eigenvalue weighted by atomic mass is 16.5. The molecule has 2 heterocycles. The number of rotatable bonds is 3. The normalized spacial score (nSPS) is 12.3. The second kappa shape index (κ2) is 5.27. The number of nitrogens with zero attached hydrogens (tertiary/aromatic N) is 2. The molecule has 3 aromatic rings. The first-order valence-electron chi connectivity index (χ1n) is 6.39. The molecule has 1 aromatic carbocycles. The molecular formula is C16H14N2O2. The zero-order chi connectivity index (χ0) is 13.9. The lowest BCUT2D eigenvalue weighted by Gasteiger charge is -2.08. The second-order valence-electron chi connectivity index (χ2n) is 4.56. The number of fused-ring (bicyclic) bond motifs is 1. The Morgan fingerprint density at radius 2 is 1.95 bits per heavy atom. The van der Waals surface area contributed by atoms with Crippen molar-refractivity contribution >= 4 is 10.9 Å². The number of aliphatic hydroxyl groups excluding tert-OH is 1. The van der Waals surface area contributed by atoms with Crippen LogP contribution in [0.2, 0.25) is 0 Å². The Bertz CT molecular complexity index is 741. The maximum Gasteiger partial charge on any atom is 0.219 e. The van der Waals surface area contributed by atoms with Gasteiger partial charge in [0.2, 0.25) is 5.88 Å². The monoisotopic (exact) mass is 266 g/mol. The minimum Gasteiger partial charge on any atom is -0.439 e. The van der Waals surface area contributed by atoms with Crippen molar-refractivity contribution in [3.63, 3.8) is 0 Å². The summed E-state index contributed by atoms with van der Waals surface area (Å²) in [6.45, 7) is 1.71. The third-order valence-corrected chi connectivity index (χ3v) is 3.04. The third kappa shape index (κ3) is 2.60. The minimum atomic E-state index is -0.543. The molecule has 4 nitrogen and oxygen atoms in total. The number of aliphatic hydroxyl groups is 1. The summed E-state index contributed by atoms with van der Waals surface area (Å²) >= 11 is 0. The van der Waals surface area contributed by atoms with Crippen LogP contribution in [0.4, 0.5) is 0 Å². The molecular weight excluding hydrogens is 252 g/mol. The van der Waals surface area contributed by atoms with Crippen molar-refractivity contribution in [3.8, 4) is 11.6 Å². The van der Waals surface area contributed by atoms with Crippen LogP contribution >= 0.6 is 0 Å². The van der Waals surface area contributed by atoms with Crippen LogP contribution in [0.25, 0.3) is 10.9 Å². The van der Waals surface area contributed by atoms with E-state index in [4.69, 9.17) is 4.74 Å². The van der Waals surface area contributed by atoms with E-state index in [0.717, 1.165) is 16.5 Å². The second-order valence-corrected chi connectivity index (χ2v) is 4.56. The highest BCUT2D eigenvalue weighted by molar-refractivity contribution is 5.79. The molecule has 100 valence electrons. The number of benzene rings is 1. The lowest BCUT2D eigenvalue weighted by Crippen LogP contribution is -1.94. The molecule has 0 radical (unpaired) electrons. The van der Waals surface area contributed by atoms with Gasteiger partial charge in [0.1, 0.15) is 5.75 Å². The Balaban J connectivity index is 1.90. The fraction of sp³-hybridized carbons (Fsp3) is 0.125. The maximum atomic E-state index is 9.56. The summed E-state index contributed by atoms with van der Waals surface area (Å²) in [6, 6.07) is 13.1. The molecule has 0 aliphatic rings. The summed E-state index contributed by atoms with van der Waals surface area (Å²) in [5, 5.41) is 10.6. The van der Waals surface area contributed by atoms with Gasteiger partial charge in [0.25, 0.3) is 0 Å². The average molecular weight is 266 g/mol. The molecule has 1 N–H and O–H groups in total. The van der Waals surface area contributed by atoms with Crippen molar-refractivity contribution < 1.29 is 9.84 Å². The van der Waals surface area contributed by atoms with Crippen molar-refractivity contribution in [1.29, 1.82) is 0 Å². The fourth-order valence-corrected chi connectivity index (χ4v) is 1.97. The van der Waals surface area contributed by atoms with Gasteiger partial charge in [0.15, 0.2) is 0 Å². The Morgan fingerprint density at radius 1 is 1.05 bits per heavy atom. The summed E-state index contributed by atoms with van der Waals surface area (Å²) in [5.74, 6) is 1.13. The first kappa shape index (κ1) is 12.6. The molecule has 0 saturated heterocycles. The third-order valence-electron chi connectivity index (χ3n) is 3.04. The van der Waals surface area contributed by atoms with Crippen LogP contribution in [0.1, 0.15) is 18.6 Å². The molecule has 0 fully saturated rings. The lowest BCUT2D eigenvalue weighted by atomic mass is 10.2. The predicted molar refractivity (Wildman–Crippen MR) is 76.7 cm³/mol. The van der Waals surface area contributed by atoms with E-state index < -0.39 is 6.10 Å². The zero-order valence-electron chi connectivity index (χ0n) is 11.0. The molecule has 1 atom stereocenters. The van der Waals surface area contributed by atoms with E-state index >= 15 is 0 Å². The number of aromatic nitrogens is 2. The molecule has 0 aliphatic carbocycles. The molecule has 0 amide bonds. The van der Waals surface area contributed by atoms with Crippen molar-refractivity contribution in [2.24, 2.45) is 0 Å². The summed E-state index contributed by atoms with van der Waals surface area (Å²) in [7, 11) is 0. The standard InChI is InChI=1S/C16H14N2O2/c1-11(19)13-6-8-18-16(9-13)20-14-5-4-12-3-2-7-17-15(12)10-14/h2-11,19H,1H3/t11-/m0/s1. The van der Waals surface area contributed by atoms with Crippen LogP contribution < -0.4 is 4.74 Å². The van der Waals surface area contributed by atoms with Gasteiger partial charge in [-0.05, 0) is 36.8 Å². The molecule has 4 heteroatoms. The first-order chi connectivity index (χ1) is 9.72. The van der Waals surface area contributed by atoms with Crippen molar-refractivity contribution in [3.05, 3.63) is 60.4 Å². The number of pyridine rings is 2. The van der Waals surface area contributed by atoms with Gasteiger partial charge in [-0.1, -0.05) is 6.07 Å².